The van der Waals surface area contributed by atoms with Gasteiger partial charge in [0.1, 0.15) is 6.46 Å². The van der Waals surface area contributed by atoms with Gasteiger partial charge in [-0.15, -0.1) is 0 Å². The summed E-state index contributed by atoms with van der Waals surface area (Å²) in [6, 6.07) is 0. The normalized spacial score (nSPS) is 13.8. The van der Waals surface area contributed by atoms with Gasteiger partial charge in [-0.2, -0.15) is 0 Å². The third-order valence-corrected chi connectivity index (χ3v) is 8.51. The van der Waals surface area contributed by atoms with E-state index >= 15 is 0 Å². The van der Waals surface area contributed by atoms with Crippen LogP contribution >= 0.6 is 6.46 Å². The molecule has 0 N–H and O–H groups in total. The average molecular weight is 170 g/mol. The molecule has 0 rings (SSSR count). The summed E-state index contributed by atoms with van der Waals surface area (Å²) in [5, 5.41) is 0. The van der Waals surface area contributed by atoms with Gasteiger partial charge in [-0.05, 0) is 6.92 Å². The zero-order chi connectivity index (χ0) is 7.71. The predicted octanol–water partition coefficient (Wildman–Crippen LogP) is 0.744. The van der Waals surface area contributed by atoms with Crippen LogP contribution in [0, 0.1) is 0 Å². The van der Waals surface area contributed by atoms with Crippen LogP contribution in [0.3, 0.4) is 0 Å². The van der Waals surface area contributed by atoms with Gasteiger partial charge in [0.15, 0.2) is 0 Å². The van der Waals surface area contributed by atoms with E-state index in [2.05, 4.69) is 0 Å². The molecule has 0 aliphatic carbocycles. The van der Waals surface area contributed by atoms with Gasteiger partial charge in [-0.3, -0.25) is 0 Å². The fraction of sp³-hybridized carbons (Fsp3) is 1.00. The number of hydrogen-bond acceptors (Lipinski definition) is 3. The smallest absolute Gasteiger partial charge is 0.211 e. The van der Waals surface area contributed by atoms with E-state index in [-0.39, 0.29) is 0 Å². The molecule has 0 bridgehead atoms. The van der Waals surface area contributed by atoms with Crippen molar-refractivity contribution in [3.8, 4) is 0 Å². The van der Waals surface area contributed by atoms with E-state index in [1.165, 1.54) is 13.3 Å². The van der Waals surface area contributed by atoms with Crippen LogP contribution in [-0.4, -0.2) is 32.5 Å². The van der Waals surface area contributed by atoms with Crippen LogP contribution in [0.5, 0.6) is 0 Å². The molecule has 0 aliphatic heterocycles. The Morgan fingerprint density at radius 1 is 1.44 bits per heavy atom. The Balaban J connectivity index is 4.56. The summed E-state index contributed by atoms with van der Waals surface area (Å²) in [4.78, 5) is 0. The lowest BCUT2D eigenvalue weighted by molar-refractivity contribution is 0.480. The van der Waals surface area contributed by atoms with Gasteiger partial charge in [-0.1, -0.05) is 0 Å². The van der Waals surface area contributed by atoms with Crippen LogP contribution < -0.4 is 0 Å². The van der Waals surface area contributed by atoms with Crippen molar-refractivity contribution < 1.29 is 13.0 Å². The van der Waals surface area contributed by atoms with Crippen LogP contribution in [-0.2, 0) is 9.74 Å². The van der Waals surface area contributed by atoms with Gasteiger partial charge in [0.2, 0.25) is 9.74 Å². The fourth-order valence-corrected chi connectivity index (χ4v) is 1.42. The summed E-state index contributed by atoms with van der Waals surface area (Å²) in [5.41, 5.74) is 0. The molecular weight excluding hydrogens is 159 g/mol. The van der Waals surface area contributed by atoms with Crippen molar-refractivity contribution in [3.63, 3.8) is 0 Å². The molecule has 0 aliphatic rings. The maximum atomic E-state index is 10.4. The second-order valence-corrected chi connectivity index (χ2v) is 11.3. The maximum absolute atomic E-state index is 10.4. The first kappa shape index (κ1) is 9.34. The average Bonchev–Trinajstić information content (AvgIpc) is 1.64. The van der Waals surface area contributed by atoms with Crippen molar-refractivity contribution in [2.24, 2.45) is 0 Å². The minimum absolute atomic E-state index is 0.471. The molecule has 0 aromatic rings. The minimum atomic E-state index is -3.99. The Bertz CT molecular complexity index is 182. The summed E-state index contributed by atoms with van der Waals surface area (Å²) < 4.78 is 31.1. The summed E-state index contributed by atoms with van der Waals surface area (Å²) in [6.45, 7) is 2.61. The Morgan fingerprint density at radius 3 is 1.78 bits per heavy atom. The molecule has 9 heavy (non-hydrogen) atoms. The van der Waals surface area contributed by atoms with Gasteiger partial charge in [-0.25, -0.2) is 8.42 Å². The standard InChI is InChI=1S/C4H11O3PS/c1-4-8(2,3)9(5,6)7/h4H2,1-3H3. The molecule has 0 aromatic heterocycles. The monoisotopic (exact) mass is 170 g/mol. The van der Waals surface area contributed by atoms with Crippen LogP contribution in [0.2, 0.25) is 0 Å². The second-order valence-electron chi connectivity index (χ2n) is 2.32. The molecule has 5 heteroatoms. The highest BCUT2D eigenvalue weighted by molar-refractivity contribution is 8.54. The Hall–Kier alpha value is 0.340. The summed E-state index contributed by atoms with van der Waals surface area (Å²) in [5.74, 6) is 0. The zero-order valence-corrected chi connectivity index (χ0v) is 7.50. The minimum Gasteiger partial charge on any atom is -0.717 e. The van der Waals surface area contributed by atoms with Gasteiger partial charge in [0.05, 0.1) is 19.5 Å². The van der Waals surface area contributed by atoms with E-state index in [9.17, 15) is 13.0 Å². The highest BCUT2D eigenvalue weighted by Crippen LogP contribution is 2.55. The topological polar surface area (TPSA) is 57.2 Å². The van der Waals surface area contributed by atoms with Crippen LogP contribution in [0.25, 0.3) is 0 Å². The molecule has 0 spiro atoms. The lowest BCUT2D eigenvalue weighted by Crippen LogP contribution is -2.05. The maximum Gasteiger partial charge on any atom is 0.211 e. The molecular formula is C4H11O3PS. The van der Waals surface area contributed by atoms with E-state index in [1.54, 1.807) is 6.92 Å². The van der Waals surface area contributed by atoms with Gasteiger partial charge in [0, 0.05) is 0 Å². The predicted molar refractivity (Wildman–Crippen MR) is 39.0 cm³/mol. The lowest BCUT2D eigenvalue weighted by atomic mass is 11.0. The van der Waals surface area contributed by atoms with E-state index in [1.807, 2.05) is 0 Å². The number of hydrogen-bond donors (Lipinski definition) is 0. The van der Waals surface area contributed by atoms with Crippen molar-refractivity contribution in [2.45, 2.75) is 6.92 Å². The van der Waals surface area contributed by atoms with Gasteiger partial charge in [0.25, 0.3) is 0 Å². The first-order chi connectivity index (χ1) is 3.81. The quantitative estimate of drug-likeness (QED) is 0.453. The van der Waals surface area contributed by atoms with E-state index in [0.29, 0.717) is 6.16 Å². The lowest BCUT2D eigenvalue weighted by Gasteiger charge is -2.18. The molecule has 0 fully saturated rings. The fourth-order valence-electron chi connectivity index (χ4n) is 0.158. The summed E-state index contributed by atoms with van der Waals surface area (Å²) in [6.07, 6.45) is 0.471. The zero-order valence-electron chi connectivity index (χ0n) is 5.79. The molecule has 0 heterocycles. The molecule has 0 saturated heterocycles. The third kappa shape index (κ3) is 2.20. The van der Waals surface area contributed by atoms with Crippen LogP contribution in [0.15, 0.2) is 0 Å². The van der Waals surface area contributed by atoms with Crippen molar-refractivity contribution >= 4 is 16.2 Å². The molecule has 56 valence electrons. The highest BCUT2D eigenvalue weighted by atomic mass is 32.8. The van der Waals surface area contributed by atoms with Crippen LogP contribution in [0.1, 0.15) is 6.92 Å². The SMILES string of the molecule is CC[P+](C)(C)S(=O)(=O)[O-]. The van der Waals surface area contributed by atoms with Crippen molar-refractivity contribution in [1.82, 2.24) is 0 Å². The molecule has 3 nitrogen and oxygen atoms in total. The Labute approximate surface area is 56.3 Å². The van der Waals surface area contributed by atoms with Gasteiger partial charge >= 0.3 is 0 Å². The van der Waals surface area contributed by atoms with E-state index in [0.717, 1.165) is 0 Å². The van der Waals surface area contributed by atoms with Crippen molar-refractivity contribution in [1.29, 1.82) is 0 Å². The molecule has 0 saturated carbocycles. The second kappa shape index (κ2) is 2.52. The Morgan fingerprint density at radius 2 is 1.78 bits per heavy atom. The van der Waals surface area contributed by atoms with Gasteiger partial charge < -0.3 is 4.55 Å². The molecule has 0 aromatic carbocycles. The summed E-state index contributed by atoms with van der Waals surface area (Å²) >= 11 is 0. The third-order valence-electron chi connectivity index (χ3n) is 1.37. The molecule has 0 amide bonds. The largest absolute Gasteiger partial charge is 0.717 e. The molecule has 0 unspecified atom stereocenters. The van der Waals surface area contributed by atoms with Crippen molar-refractivity contribution in [3.05, 3.63) is 0 Å². The van der Waals surface area contributed by atoms with Crippen molar-refractivity contribution in [2.75, 3.05) is 19.5 Å². The molecule has 0 radical (unpaired) electrons. The summed E-state index contributed by atoms with van der Waals surface area (Å²) in [7, 11) is -3.99. The Kier molecular flexibility index (Phi) is 2.62. The first-order valence-corrected chi connectivity index (χ1v) is 7.48. The highest BCUT2D eigenvalue weighted by Gasteiger charge is 2.30. The van der Waals surface area contributed by atoms with Crippen LogP contribution in [0.4, 0.5) is 0 Å². The van der Waals surface area contributed by atoms with E-state index in [4.69, 9.17) is 0 Å². The first-order valence-electron chi connectivity index (χ1n) is 2.60. The number of rotatable bonds is 2. The van der Waals surface area contributed by atoms with E-state index < -0.39 is 16.2 Å². The molecule has 0 atom stereocenters.